The minimum absolute atomic E-state index is 0.263. The molecule has 0 heterocycles. The fourth-order valence-corrected chi connectivity index (χ4v) is 2.59. The number of carbonyl (C=O) groups is 1. The molecule has 0 aliphatic rings. The molecule has 4 nitrogen and oxygen atoms in total. The van der Waals surface area contributed by atoms with E-state index in [-0.39, 0.29) is 6.61 Å². The van der Waals surface area contributed by atoms with Crippen LogP contribution in [0.25, 0.3) is 16.8 Å². The molecule has 0 radical (unpaired) electrons. The van der Waals surface area contributed by atoms with E-state index in [0.29, 0.717) is 6.54 Å². The Kier molecular flexibility index (Phi) is 5.32. The van der Waals surface area contributed by atoms with Crippen molar-refractivity contribution in [3.05, 3.63) is 83.9 Å². The lowest BCUT2D eigenvalue weighted by Gasteiger charge is -2.06. The van der Waals surface area contributed by atoms with E-state index in [4.69, 9.17) is 10.5 Å². The molecular formula is C21H20N2O2. The number of fused-ring (bicyclic) bond motifs is 1. The molecule has 3 aromatic carbocycles. The SMILES string of the molecule is Nc1ccc(C=CCNC(=O)OCc2ccccc2)c2ccccc12. The number of nitrogen functional groups attached to an aromatic ring is 1. The second kappa shape index (κ2) is 8.02. The van der Waals surface area contributed by atoms with Crippen molar-refractivity contribution in [2.75, 3.05) is 12.3 Å². The van der Waals surface area contributed by atoms with Gasteiger partial charge in [-0.1, -0.05) is 72.8 Å². The summed E-state index contributed by atoms with van der Waals surface area (Å²) in [4.78, 5) is 11.7. The Labute approximate surface area is 146 Å². The summed E-state index contributed by atoms with van der Waals surface area (Å²) < 4.78 is 5.17. The number of hydrogen-bond donors (Lipinski definition) is 2. The van der Waals surface area contributed by atoms with E-state index >= 15 is 0 Å². The van der Waals surface area contributed by atoms with Gasteiger partial charge in [-0.15, -0.1) is 0 Å². The lowest BCUT2D eigenvalue weighted by Crippen LogP contribution is -2.24. The van der Waals surface area contributed by atoms with Crippen molar-refractivity contribution in [3.63, 3.8) is 0 Å². The van der Waals surface area contributed by atoms with Crippen molar-refractivity contribution >= 4 is 28.6 Å². The van der Waals surface area contributed by atoms with E-state index in [1.807, 2.05) is 78.9 Å². The Morgan fingerprint density at radius 3 is 2.48 bits per heavy atom. The zero-order valence-corrected chi connectivity index (χ0v) is 13.8. The second-order valence-corrected chi connectivity index (χ2v) is 5.63. The van der Waals surface area contributed by atoms with Gasteiger partial charge in [-0.3, -0.25) is 0 Å². The lowest BCUT2D eigenvalue weighted by atomic mass is 10.0. The maximum atomic E-state index is 11.7. The molecule has 126 valence electrons. The van der Waals surface area contributed by atoms with Crippen LogP contribution in [0.1, 0.15) is 11.1 Å². The predicted octanol–water partition coefficient (Wildman–Crippen LogP) is 4.36. The van der Waals surface area contributed by atoms with Gasteiger partial charge in [-0.05, 0) is 22.6 Å². The van der Waals surface area contributed by atoms with Crippen molar-refractivity contribution < 1.29 is 9.53 Å². The van der Waals surface area contributed by atoms with E-state index in [1.165, 1.54) is 0 Å². The van der Waals surface area contributed by atoms with Crippen LogP contribution in [-0.4, -0.2) is 12.6 Å². The topological polar surface area (TPSA) is 64.3 Å². The number of nitrogens with one attached hydrogen (secondary N) is 1. The maximum absolute atomic E-state index is 11.7. The average Bonchev–Trinajstić information content (AvgIpc) is 2.66. The molecule has 0 bridgehead atoms. The van der Waals surface area contributed by atoms with Crippen LogP contribution in [0.2, 0.25) is 0 Å². The van der Waals surface area contributed by atoms with Crippen LogP contribution in [0.4, 0.5) is 10.5 Å². The first-order chi connectivity index (χ1) is 12.2. The van der Waals surface area contributed by atoms with Crippen LogP contribution in [0.5, 0.6) is 0 Å². The predicted molar refractivity (Wildman–Crippen MR) is 102 cm³/mol. The van der Waals surface area contributed by atoms with Gasteiger partial charge in [-0.2, -0.15) is 0 Å². The van der Waals surface area contributed by atoms with Crippen LogP contribution in [0.15, 0.2) is 72.8 Å². The Bertz CT molecular complexity index is 889. The number of nitrogens with two attached hydrogens (primary N) is 1. The number of hydrogen-bond acceptors (Lipinski definition) is 3. The molecule has 0 atom stereocenters. The molecule has 25 heavy (non-hydrogen) atoms. The van der Waals surface area contributed by atoms with Crippen LogP contribution in [-0.2, 0) is 11.3 Å². The Morgan fingerprint density at radius 2 is 1.68 bits per heavy atom. The van der Waals surface area contributed by atoms with E-state index in [2.05, 4.69) is 5.32 Å². The van der Waals surface area contributed by atoms with Crippen molar-refractivity contribution in [2.45, 2.75) is 6.61 Å². The van der Waals surface area contributed by atoms with Gasteiger partial charge >= 0.3 is 6.09 Å². The van der Waals surface area contributed by atoms with Crippen LogP contribution >= 0.6 is 0 Å². The summed E-state index contributed by atoms with van der Waals surface area (Å²) in [6.07, 6.45) is 3.43. The third kappa shape index (κ3) is 4.38. The first kappa shape index (κ1) is 16.6. The lowest BCUT2D eigenvalue weighted by molar-refractivity contribution is 0.141. The highest BCUT2D eigenvalue weighted by Crippen LogP contribution is 2.25. The monoisotopic (exact) mass is 332 g/mol. The first-order valence-corrected chi connectivity index (χ1v) is 8.12. The summed E-state index contributed by atoms with van der Waals surface area (Å²) in [6, 6.07) is 21.4. The van der Waals surface area contributed by atoms with E-state index < -0.39 is 6.09 Å². The molecule has 3 aromatic rings. The highest BCUT2D eigenvalue weighted by Gasteiger charge is 2.02. The summed E-state index contributed by atoms with van der Waals surface area (Å²) in [5.74, 6) is 0. The van der Waals surface area contributed by atoms with Crippen molar-refractivity contribution in [1.29, 1.82) is 0 Å². The highest BCUT2D eigenvalue weighted by atomic mass is 16.5. The number of amides is 1. The number of anilines is 1. The molecule has 3 rings (SSSR count). The van der Waals surface area contributed by atoms with Gasteiger partial charge in [0.1, 0.15) is 6.61 Å². The molecule has 0 saturated carbocycles. The summed E-state index contributed by atoms with van der Waals surface area (Å²) in [5.41, 5.74) is 8.78. The standard InChI is InChI=1S/C21H20N2O2/c22-20-13-12-17(18-10-4-5-11-19(18)20)9-6-14-23-21(24)25-15-16-7-2-1-3-8-16/h1-13H,14-15,22H2,(H,23,24). The van der Waals surface area contributed by atoms with Crippen LogP contribution in [0.3, 0.4) is 0 Å². The molecular weight excluding hydrogens is 312 g/mol. The van der Waals surface area contributed by atoms with Gasteiger partial charge in [-0.25, -0.2) is 4.79 Å². The average molecular weight is 332 g/mol. The number of ether oxygens (including phenoxy) is 1. The number of alkyl carbamates (subject to hydrolysis) is 1. The molecule has 0 aromatic heterocycles. The van der Waals surface area contributed by atoms with E-state index in [1.54, 1.807) is 0 Å². The molecule has 3 N–H and O–H groups in total. The zero-order chi connectivity index (χ0) is 17.5. The van der Waals surface area contributed by atoms with E-state index in [0.717, 1.165) is 27.6 Å². The summed E-state index contributed by atoms with van der Waals surface area (Å²) >= 11 is 0. The number of benzene rings is 3. The fourth-order valence-electron chi connectivity index (χ4n) is 2.59. The molecule has 4 heteroatoms. The number of carbonyl (C=O) groups excluding carboxylic acids is 1. The quantitative estimate of drug-likeness (QED) is 0.682. The van der Waals surface area contributed by atoms with Gasteiger partial charge in [0.2, 0.25) is 0 Å². The maximum Gasteiger partial charge on any atom is 0.407 e. The first-order valence-electron chi connectivity index (χ1n) is 8.12. The second-order valence-electron chi connectivity index (χ2n) is 5.63. The summed E-state index contributed by atoms with van der Waals surface area (Å²) in [7, 11) is 0. The Balaban J connectivity index is 1.54. The number of rotatable bonds is 5. The summed E-state index contributed by atoms with van der Waals surface area (Å²) in [5, 5.41) is 4.83. The Hall–Kier alpha value is -3.27. The van der Waals surface area contributed by atoms with Crippen molar-refractivity contribution in [2.24, 2.45) is 0 Å². The van der Waals surface area contributed by atoms with Crippen LogP contribution in [0, 0.1) is 0 Å². The largest absolute Gasteiger partial charge is 0.445 e. The molecule has 0 aliphatic carbocycles. The van der Waals surface area contributed by atoms with Crippen molar-refractivity contribution in [1.82, 2.24) is 5.32 Å². The smallest absolute Gasteiger partial charge is 0.407 e. The van der Waals surface area contributed by atoms with Crippen molar-refractivity contribution in [3.8, 4) is 0 Å². The molecule has 1 amide bonds. The Morgan fingerprint density at radius 1 is 0.960 bits per heavy atom. The van der Waals surface area contributed by atoms with E-state index in [9.17, 15) is 4.79 Å². The van der Waals surface area contributed by atoms with Gasteiger partial charge in [0.15, 0.2) is 0 Å². The highest BCUT2D eigenvalue weighted by molar-refractivity contribution is 5.98. The molecule has 0 aliphatic heterocycles. The third-order valence-electron chi connectivity index (χ3n) is 3.87. The van der Waals surface area contributed by atoms with Crippen LogP contribution < -0.4 is 11.1 Å². The van der Waals surface area contributed by atoms with Gasteiger partial charge in [0.25, 0.3) is 0 Å². The minimum Gasteiger partial charge on any atom is -0.445 e. The van der Waals surface area contributed by atoms with Gasteiger partial charge in [0.05, 0.1) is 0 Å². The summed E-state index contributed by atoms with van der Waals surface area (Å²) in [6.45, 7) is 0.658. The van der Waals surface area contributed by atoms with Gasteiger partial charge in [0, 0.05) is 17.6 Å². The van der Waals surface area contributed by atoms with Gasteiger partial charge < -0.3 is 15.8 Å². The fraction of sp³-hybridized carbons (Fsp3) is 0.0952. The molecule has 0 saturated heterocycles. The zero-order valence-electron chi connectivity index (χ0n) is 13.8. The molecule has 0 unspecified atom stereocenters. The molecule has 0 fully saturated rings. The minimum atomic E-state index is -0.435. The normalized spacial score (nSPS) is 10.9. The molecule has 0 spiro atoms. The third-order valence-corrected chi connectivity index (χ3v) is 3.87.